The largest absolute Gasteiger partial charge is 0.490 e. The van der Waals surface area contributed by atoms with Crippen LogP contribution < -0.4 is 4.74 Å². The van der Waals surface area contributed by atoms with Crippen molar-refractivity contribution in [3.05, 3.63) is 47.5 Å². The number of aryl methyl sites for hydroxylation is 2. The number of amides is 2. The summed E-state index contributed by atoms with van der Waals surface area (Å²) in [5.74, 6) is 0.690. The van der Waals surface area contributed by atoms with Crippen molar-refractivity contribution < 1.29 is 23.8 Å². The molecule has 2 saturated heterocycles. The number of carbonyl (C=O) groups is 2. The second kappa shape index (κ2) is 11.9. The predicted octanol–water partition coefficient (Wildman–Crippen LogP) is 2.55. The Hall–Kier alpha value is -2.62. The molecule has 10 heteroatoms. The summed E-state index contributed by atoms with van der Waals surface area (Å²) in [6.07, 6.45) is 6.63. The smallest absolute Gasteiger partial charge is 0.225 e. The minimum Gasteiger partial charge on any atom is -0.490 e. The van der Waals surface area contributed by atoms with Gasteiger partial charge >= 0.3 is 0 Å². The van der Waals surface area contributed by atoms with Crippen LogP contribution in [0.2, 0.25) is 5.02 Å². The molecule has 9 nitrogen and oxygen atoms in total. The van der Waals surface area contributed by atoms with Gasteiger partial charge in [0.05, 0.1) is 39.1 Å². The average molecular weight is 505 g/mol. The van der Waals surface area contributed by atoms with Gasteiger partial charge < -0.3 is 28.6 Å². The van der Waals surface area contributed by atoms with Crippen molar-refractivity contribution >= 4 is 23.4 Å². The molecule has 0 saturated carbocycles. The van der Waals surface area contributed by atoms with E-state index in [9.17, 15) is 9.59 Å². The third-order valence-corrected chi connectivity index (χ3v) is 6.86. The first-order chi connectivity index (χ1) is 16.9. The lowest BCUT2D eigenvalue weighted by molar-refractivity contribution is -0.167. The van der Waals surface area contributed by atoms with Crippen LogP contribution in [0.5, 0.6) is 5.75 Å². The molecule has 1 aromatic heterocycles. The van der Waals surface area contributed by atoms with E-state index in [4.69, 9.17) is 25.8 Å². The number of halogens is 1. The molecule has 2 aliphatic rings. The second-order valence-corrected chi connectivity index (χ2v) is 9.53. The third kappa shape index (κ3) is 6.96. The molecular weight excluding hydrogens is 472 g/mol. The Bertz CT molecular complexity index is 996. The highest BCUT2D eigenvalue weighted by molar-refractivity contribution is 6.31. The molecule has 35 heavy (non-hydrogen) atoms. The first-order valence-corrected chi connectivity index (χ1v) is 12.4. The van der Waals surface area contributed by atoms with Gasteiger partial charge in [0.1, 0.15) is 18.0 Å². The molecule has 0 aliphatic carbocycles. The number of ether oxygens (including phenoxy) is 3. The van der Waals surface area contributed by atoms with Gasteiger partial charge in [-0.2, -0.15) is 0 Å². The molecule has 0 N–H and O–H groups in total. The van der Waals surface area contributed by atoms with Crippen molar-refractivity contribution in [3.63, 3.8) is 0 Å². The van der Waals surface area contributed by atoms with E-state index in [0.29, 0.717) is 69.6 Å². The van der Waals surface area contributed by atoms with Gasteiger partial charge in [-0.15, -0.1) is 0 Å². The number of hydrogen-bond donors (Lipinski definition) is 0. The number of morpholine rings is 2. The van der Waals surface area contributed by atoms with Gasteiger partial charge in [-0.3, -0.25) is 9.59 Å². The van der Waals surface area contributed by atoms with Crippen LogP contribution in [-0.4, -0.2) is 89.4 Å². The summed E-state index contributed by atoms with van der Waals surface area (Å²) >= 11 is 6.15. The van der Waals surface area contributed by atoms with E-state index in [1.54, 1.807) is 34.5 Å². The average Bonchev–Trinajstić information content (AvgIpc) is 3.39. The van der Waals surface area contributed by atoms with E-state index >= 15 is 0 Å². The van der Waals surface area contributed by atoms with E-state index < -0.39 is 5.60 Å². The fourth-order valence-corrected chi connectivity index (χ4v) is 4.53. The Morgan fingerprint density at radius 3 is 2.69 bits per heavy atom. The van der Waals surface area contributed by atoms with E-state index in [2.05, 4.69) is 4.98 Å². The Kier molecular flexibility index (Phi) is 8.64. The summed E-state index contributed by atoms with van der Waals surface area (Å²) < 4.78 is 19.7. The molecule has 4 rings (SSSR count). The number of imidazole rings is 1. The van der Waals surface area contributed by atoms with Crippen molar-refractivity contribution in [3.8, 4) is 5.75 Å². The summed E-state index contributed by atoms with van der Waals surface area (Å²) in [6.45, 7) is 6.13. The lowest BCUT2D eigenvalue weighted by Crippen LogP contribution is -2.58. The maximum atomic E-state index is 13.2. The molecule has 0 unspecified atom stereocenters. The molecule has 2 fully saturated rings. The highest BCUT2D eigenvalue weighted by atomic mass is 35.5. The van der Waals surface area contributed by atoms with Crippen molar-refractivity contribution in [2.45, 2.75) is 38.3 Å². The molecule has 3 heterocycles. The number of hydrogen-bond acceptors (Lipinski definition) is 6. The zero-order chi connectivity index (χ0) is 24.7. The molecule has 2 amide bonds. The molecule has 0 radical (unpaired) electrons. The van der Waals surface area contributed by atoms with Crippen LogP contribution in [0.1, 0.15) is 24.8 Å². The Morgan fingerprint density at radius 2 is 1.94 bits per heavy atom. The second-order valence-electron chi connectivity index (χ2n) is 9.12. The van der Waals surface area contributed by atoms with Crippen molar-refractivity contribution in [1.29, 1.82) is 0 Å². The lowest BCUT2D eigenvalue weighted by atomic mass is 9.96. The quantitative estimate of drug-likeness (QED) is 0.521. The topological polar surface area (TPSA) is 86.1 Å². The molecule has 190 valence electrons. The molecule has 0 spiro atoms. The van der Waals surface area contributed by atoms with Crippen LogP contribution in [0, 0.1) is 6.92 Å². The first-order valence-electron chi connectivity index (χ1n) is 12.1. The molecule has 1 atom stereocenters. The summed E-state index contributed by atoms with van der Waals surface area (Å²) in [5, 5.41) is 0.663. The van der Waals surface area contributed by atoms with Gasteiger partial charge in [0, 0.05) is 50.0 Å². The molecule has 2 aromatic rings. The molecule has 0 bridgehead atoms. The zero-order valence-electron chi connectivity index (χ0n) is 20.2. The maximum absolute atomic E-state index is 13.2. The molecule has 2 aliphatic heterocycles. The third-order valence-electron chi connectivity index (χ3n) is 6.44. The Morgan fingerprint density at radius 1 is 1.14 bits per heavy atom. The van der Waals surface area contributed by atoms with Crippen molar-refractivity contribution in [1.82, 2.24) is 19.4 Å². The monoisotopic (exact) mass is 504 g/mol. The Balaban J connectivity index is 1.43. The van der Waals surface area contributed by atoms with Gasteiger partial charge in [-0.05, 0) is 37.1 Å². The summed E-state index contributed by atoms with van der Waals surface area (Å²) in [4.78, 5) is 33.8. The van der Waals surface area contributed by atoms with Gasteiger partial charge in [-0.25, -0.2) is 4.98 Å². The summed E-state index contributed by atoms with van der Waals surface area (Å²) in [7, 11) is 0. The molecular formula is C25H33ClN4O5. The standard InChI is InChI=1S/C25H33ClN4O5/c1-20-15-21(4-5-22(20)26)34-18-25(16-24(32)29-9-12-33-13-10-29)17-30(11-14-35-25)23(31)3-2-7-28-8-6-27-19-28/h4-6,8,15,19H,2-3,7,9-14,16-18H2,1H3/t25-/m0/s1. The maximum Gasteiger partial charge on any atom is 0.225 e. The van der Waals surface area contributed by atoms with Crippen LogP contribution in [0.15, 0.2) is 36.9 Å². The van der Waals surface area contributed by atoms with E-state index in [1.807, 2.05) is 23.8 Å². The lowest BCUT2D eigenvalue weighted by Gasteiger charge is -2.43. The zero-order valence-corrected chi connectivity index (χ0v) is 20.9. The number of nitrogens with zero attached hydrogens (tertiary/aromatic N) is 4. The predicted molar refractivity (Wildman–Crippen MR) is 130 cm³/mol. The van der Waals surface area contributed by atoms with Crippen LogP contribution in [0.25, 0.3) is 0 Å². The number of benzene rings is 1. The number of rotatable bonds is 9. The van der Waals surface area contributed by atoms with E-state index in [-0.39, 0.29) is 24.8 Å². The van der Waals surface area contributed by atoms with Crippen molar-refractivity contribution in [2.75, 3.05) is 52.6 Å². The van der Waals surface area contributed by atoms with Crippen LogP contribution in [0.3, 0.4) is 0 Å². The first kappa shape index (κ1) is 25.5. The fraction of sp³-hybridized carbons (Fsp3) is 0.560. The number of carbonyl (C=O) groups excluding carboxylic acids is 2. The normalized spacial score (nSPS) is 20.6. The highest BCUT2D eigenvalue weighted by Crippen LogP contribution is 2.28. The fourth-order valence-electron chi connectivity index (χ4n) is 4.41. The van der Waals surface area contributed by atoms with Gasteiger partial charge in [0.25, 0.3) is 0 Å². The minimum atomic E-state index is -0.929. The van der Waals surface area contributed by atoms with Gasteiger partial charge in [0.15, 0.2) is 0 Å². The van der Waals surface area contributed by atoms with Crippen LogP contribution >= 0.6 is 11.6 Å². The number of aromatic nitrogens is 2. The van der Waals surface area contributed by atoms with Crippen molar-refractivity contribution in [2.24, 2.45) is 0 Å². The van der Waals surface area contributed by atoms with E-state index in [0.717, 1.165) is 12.1 Å². The van der Waals surface area contributed by atoms with Crippen LogP contribution in [0.4, 0.5) is 0 Å². The highest BCUT2D eigenvalue weighted by Gasteiger charge is 2.42. The van der Waals surface area contributed by atoms with Crippen LogP contribution in [-0.2, 0) is 25.6 Å². The van der Waals surface area contributed by atoms with E-state index in [1.165, 1.54) is 0 Å². The van der Waals surface area contributed by atoms with Gasteiger partial charge in [-0.1, -0.05) is 11.6 Å². The summed E-state index contributed by atoms with van der Waals surface area (Å²) in [5.41, 5.74) is -0.0249. The minimum absolute atomic E-state index is 0.0152. The SMILES string of the molecule is Cc1cc(OC[C@]2(CC(=O)N3CCOCC3)CN(C(=O)CCCn3ccnc3)CCO2)ccc1Cl. The summed E-state index contributed by atoms with van der Waals surface area (Å²) in [6, 6.07) is 5.45. The van der Waals surface area contributed by atoms with Gasteiger partial charge in [0.2, 0.25) is 11.8 Å². The Labute approximate surface area is 210 Å². The molecule has 1 aromatic carbocycles.